The summed E-state index contributed by atoms with van der Waals surface area (Å²) in [5, 5.41) is 10.9. The number of nitrogens with two attached hydrogens (primary N) is 1. The van der Waals surface area contributed by atoms with Crippen LogP contribution in [0.25, 0.3) is 0 Å². The molecule has 10 nitrogen and oxygen atoms in total. The molecule has 11 heteroatoms. The Morgan fingerprint density at radius 2 is 2.18 bits per heavy atom. The summed E-state index contributed by atoms with van der Waals surface area (Å²) in [7, 11) is 1.40. The molecule has 2 aromatic rings. The molecule has 0 bridgehead atoms. The van der Waals surface area contributed by atoms with E-state index in [1.165, 1.54) is 19.4 Å². The van der Waals surface area contributed by atoms with E-state index < -0.39 is 11.5 Å². The third kappa shape index (κ3) is 4.36. The predicted molar refractivity (Wildman–Crippen MR) is 107 cm³/mol. The van der Waals surface area contributed by atoms with E-state index in [0.717, 1.165) is 37.3 Å². The van der Waals surface area contributed by atoms with E-state index in [4.69, 9.17) is 14.9 Å². The van der Waals surface area contributed by atoms with Crippen molar-refractivity contribution in [2.45, 2.75) is 19.8 Å². The Morgan fingerprint density at radius 3 is 2.86 bits per heavy atom. The van der Waals surface area contributed by atoms with Gasteiger partial charge in [-0.1, -0.05) is 11.3 Å². The first kappa shape index (κ1) is 19.5. The molecule has 0 spiro atoms. The van der Waals surface area contributed by atoms with Gasteiger partial charge in [-0.25, -0.2) is 9.79 Å². The summed E-state index contributed by atoms with van der Waals surface area (Å²) in [4.78, 5) is 31.0. The van der Waals surface area contributed by atoms with Crippen LogP contribution in [0.5, 0.6) is 5.75 Å². The summed E-state index contributed by atoms with van der Waals surface area (Å²) in [6.45, 7) is 3.33. The number of ether oxygens (including phenoxy) is 1. The van der Waals surface area contributed by atoms with E-state index in [-0.39, 0.29) is 16.6 Å². The zero-order valence-corrected chi connectivity index (χ0v) is 16.3. The maximum atomic E-state index is 12.5. The number of aliphatic imine (C=N–C) groups is 1. The van der Waals surface area contributed by atoms with Crippen molar-refractivity contribution >= 4 is 38.9 Å². The van der Waals surface area contributed by atoms with E-state index in [1.54, 1.807) is 13.0 Å². The van der Waals surface area contributed by atoms with Crippen LogP contribution in [0.4, 0.5) is 16.0 Å². The van der Waals surface area contributed by atoms with Gasteiger partial charge in [0, 0.05) is 24.9 Å². The lowest BCUT2D eigenvalue weighted by Crippen LogP contribution is -2.23. The maximum Gasteiger partial charge on any atom is 0.381 e. The van der Waals surface area contributed by atoms with Gasteiger partial charge < -0.3 is 19.8 Å². The van der Waals surface area contributed by atoms with Crippen molar-refractivity contribution < 1.29 is 13.9 Å². The van der Waals surface area contributed by atoms with Crippen LogP contribution in [-0.2, 0) is 0 Å². The van der Waals surface area contributed by atoms with Gasteiger partial charge in [0.2, 0.25) is 16.0 Å². The molecule has 3 heterocycles. The molecule has 1 aliphatic rings. The van der Waals surface area contributed by atoms with Gasteiger partial charge in [-0.05, 0) is 32.0 Å². The summed E-state index contributed by atoms with van der Waals surface area (Å²) in [6, 6.07) is 1.51. The molecule has 1 aliphatic heterocycles. The summed E-state index contributed by atoms with van der Waals surface area (Å²) in [6.07, 6.45) is 5.01. The van der Waals surface area contributed by atoms with Gasteiger partial charge in [-0.15, -0.1) is 10.2 Å². The number of hydrogen-bond acceptors (Lipinski definition) is 10. The molecule has 1 fully saturated rings. The number of allylic oxidation sites excluding steroid dienone is 1. The standard InChI is InChI=1S/C17H20N6O4S/c1-10(5-6-18)19-16-21-22-17(28-16)20-14(24)12-9-11(23-7-3-4-8-23)13(26-2)15(25)27-12/h5-6,9H,3-4,7-8,18H2,1-2H3,(H,20,22,24). The first-order chi connectivity index (χ1) is 13.5. The number of methoxy groups -OCH3 is 1. The summed E-state index contributed by atoms with van der Waals surface area (Å²) >= 11 is 1.08. The molecule has 28 heavy (non-hydrogen) atoms. The average molecular weight is 404 g/mol. The largest absolute Gasteiger partial charge is 0.488 e. The first-order valence-corrected chi connectivity index (χ1v) is 9.39. The molecule has 0 aromatic carbocycles. The molecule has 2 aromatic heterocycles. The summed E-state index contributed by atoms with van der Waals surface area (Å²) < 4.78 is 10.3. The van der Waals surface area contributed by atoms with Gasteiger partial charge in [0.1, 0.15) is 0 Å². The monoisotopic (exact) mass is 404 g/mol. The molecule has 0 saturated carbocycles. The quantitative estimate of drug-likeness (QED) is 0.697. The lowest BCUT2D eigenvalue weighted by molar-refractivity contribution is 0.0991. The molecule has 0 radical (unpaired) electrons. The van der Waals surface area contributed by atoms with Crippen molar-refractivity contribution in [1.29, 1.82) is 0 Å². The van der Waals surface area contributed by atoms with E-state index in [2.05, 4.69) is 20.5 Å². The molecule has 0 aliphatic carbocycles. The second-order valence-corrected chi connectivity index (χ2v) is 6.92. The predicted octanol–water partition coefficient (Wildman–Crippen LogP) is 1.92. The smallest absolute Gasteiger partial charge is 0.381 e. The van der Waals surface area contributed by atoms with E-state index in [1.807, 2.05) is 4.90 Å². The van der Waals surface area contributed by atoms with Crippen molar-refractivity contribution in [2.24, 2.45) is 10.7 Å². The highest BCUT2D eigenvalue weighted by Crippen LogP contribution is 2.29. The van der Waals surface area contributed by atoms with Crippen molar-refractivity contribution in [3.8, 4) is 5.75 Å². The number of anilines is 2. The topological polar surface area (TPSA) is 136 Å². The number of carbonyl (C=O) groups excluding carboxylic acids is 1. The van der Waals surface area contributed by atoms with Crippen LogP contribution in [0.1, 0.15) is 30.3 Å². The fourth-order valence-corrected chi connectivity index (χ4v) is 3.43. The highest BCUT2D eigenvalue weighted by atomic mass is 32.1. The number of nitrogens with one attached hydrogen (secondary N) is 1. The number of carbonyl (C=O) groups is 1. The molecule has 3 rings (SSSR count). The minimum absolute atomic E-state index is 0.0921. The average Bonchev–Trinajstić information content (AvgIpc) is 3.33. The van der Waals surface area contributed by atoms with Gasteiger partial charge in [-0.2, -0.15) is 0 Å². The number of nitrogens with zero attached hydrogens (tertiary/aromatic N) is 4. The minimum atomic E-state index is -0.705. The van der Waals surface area contributed by atoms with Crippen LogP contribution in [-0.4, -0.2) is 42.0 Å². The van der Waals surface area contributed by atoms with Gasteiger partial charge in [0.25, 0.3) is 5.91 Å². The van der Waals surface area contributed by atoms with Crippen LogP contribution < -0.4 is 26.3 Å². The van der Waals surface area contributed by atoms with Crippen LogP contribution in [0.3, 0.4) is 0 Å². The second-order valence-electron chi connectivity index (χ2n) is 5.97. The molecule has 148 valence electrons. The van der Waals surface area contributed by atoms with E-state index in [0.29, 0.717) is 16.5 Å². The lowest BCUT2D eigenvalue weighted by atomic mass is 10.3. The Balaban J connectivity index is 1.82. The third-order valence-electron chi connectivity index (χ3n) is 4.01. The molecule has 0 atom stereocenters. The van der Waals surface area contributed by atoms with Crippen LogP contribution in [0.2, 0.25) is 0 Å². The van der Waals surface area contributed by atoms with E-state index in [9.17, 15) is 9.59 Å². The minimum Gasteiger partial charge on any atom is -0.488 e. The Kier molecular flexibility index (Phi) is 6.04. The SMILES string of the molecule is COc1c(N2CCCC2)cc(C(=O)Nc2nnc(N=C(C)C=CN)s2)oc1=O. The summed E-state index contributed by atoms with van der Waals surface area (Å²) in [5.41, 5.74) is 5.80. The van der Waals surface area contributed by atoms with Crippen LogP contribution in [0.15, 0.2) is 32.5 Å². The highest BCUT2D eigenvalue weighted by Gasteiger charge is 2.23. The molecule has 3 N–H and O–H groups in total. The van der Waals surface area contributed by atoms with Gasteiger partial charge in [-0.3, -0.25) is 10.1 Å². The Morgan fingerprint density at radius 1 is 1.43 bits per heavy atom. The lowest BCUT2D eigenvalue weighted by Gasteiger charge is -2.19. The second kappa shape index (κ2) is 8.65. The zero-order chi connectivity index (χ0) is 20.1. The molecule has 0 unspecified atom stereocenters. The summed E-state index contributed by atoms with van der Waals surface area (Å²) in [5.74, 6) is -0.643. The third-order valence-corrected chi connectivity index (χ3v) is 4.74. The molecule has 1 saturated heterocycles. The molecule has 1 amide bonds. The number of amides is 1. The number of rotatable bonds is 6. The zero-order valence-electron chi connectivity index (χ0n) is 15.5. The van der Waals surface area contributed by atoms with Gasteiger partial charge in [0.15, 0.2) is 5.76 Å². The maximum absolute atomic E-state index is 12.5. The number of aromatic nitrogens is 2. The highest BCUT2D eigenvalue weighted by molar-refractivity contribution is 7.18. The Hall–Kier alpha value is -3.21. The van der Waals surface area contributed by atoms with Crippen molar-refractivity contribution in [2.75, 3.05) is 30.4 Å². The first-order valence-electron chi connectivity index (χ1n) is 8.57. The molecular weight excluding hydrogens is 384 g/mol. The van der Waals surface area contributed by atoms with Crippen molar-refractivity contribution in [3.63, 3.8) is 0 Å². The van der Waals surface area contributed by atoms with Crippen LogP contribution >= 0.6 is 11.3 Å². The Bertz CT molecular complexity index is 974. The van der Waals surface area contributed by atoms with E-state index >= 15 is 0 Å². The Labute approximate surface area is 164 Å². The fraction of sp³-hybridized carbons (Fsp3) is 0.353. The van der Waals surface area contributed by atoms with Gasteiger partial charge >= 0.3 is 5.63 Å². The normalized spacial score (nSPS) is 14.6. The van der Waals surface area contributed by atoms with Gasteiger partial charge in [0.05, 0.1) is 12.8 Å². The molecular formula is C17H20N6O4S. The van der Waals surface area contributed by atoms with Crippen molar-refractivity contribution in [1.82, 2.24) is 10.2 Å². The van der Waals surface area contributed by atoms with Crippen molar-refractivity contribution in [3.05, 3.63) is 34.5 Å². The number of hydrogen-bond donors (Lipinski definition) is 2. The van der Waals surface area contributed by atoms with Crippen LogP contribution in [0, 0.1) is 0 Å². The fourth-order valence-electron chi connectivity index (χ4n) is 2.76.